The lowest BCUT2D eigenvalue weighted by Gasteiger charge is -2.13. The van der Waals surface area contributed by atoms with Gasteiger partial charge in [0.15, 0.2) is 0 Å². The van der Waals surface area contributed by atoms with Crippen LogP contribution in [-0.2, 0) is 13.1 Å². The number of benzene rings is 2. The minimum absolute atomic E-state index is 0.247. The molecule has 0 aliphatic rings. The highest BCUT2D eigenvalue weighted by atomic mass is 19.1. The molecule has 156 valence electrons. The van der Waals surface area contributed by atoms with Gasteiger partial charge in [-0.1, -0.05) is 31.2 Å². The molecule has 0 unspecified atom stereocenters. The summed E-state index contributed by atoms with van der Waals surface area (Å²) in [4.78, 5) is 17.3. The molecule has 0 radical (unpaired) electrons. The molecule has 7 heteroatoms. The summed E-state index contributed by atoms with van der Waals surface area (Å²) in [7, 11) is 0. The van der Waals surface area contributed by atoms with E-state index in [9.17, 15) is 9.18 Å². The largest absolute Gasteiger partial charge is 0.326 e. The molecule has 2 aromatic carbocycles. The lowest BCUT2D eigenvalue weighted by atomic mass is 10.1. The zero-order valence-corrected chi connectivity index (χ0v) is 17.4. The molecule has 0 saturated heterocycles. The van der Waals surface area contributed by atoms with Crippen LogP contribution in [0.3, 0.4) is 0 Å². The summed E-state index contributed by atoms with van der Waals surface area (Å²) in [5, 5.41) is 10.3. The number of nitrogens with zero attached hydrogens (tertiary/aromatic N) is 3. The molecule has 0 atom stereocenters. The van der Waals surface area contributed by atoms with Crippen molar-refractivity contribution >= 4 is 17.6 Å². The highest BCUT2D eigenvalue weighted by Gasteiger charge is 2.12. The zero-order valence-electron chi connectivity index (χ0n) is 17.4. The van der Waals surface area contributed by atoms with E-state index in [1.807, 2.05) is 42.9 Å². The van der Waals surface area contributed by atoms with Crippen LogP contribution in [0.5, 0.6) is 0 Å². The minimum atomic E-state index is -0.374. The molecule has 0 spiro atoms. The fraction of sp³-hybridized carbons (Fsp3) is 0.261. The third-order valence-electron chi connectivity index (χ3n) is 4.62. The Labute approximate surface area is 175 Å². The number of rotatable bonds is 6. The number of carbonyl (C=O) groups is 1. The van der Waals surface area contributed by atoms with Crippen molar-refractivity contribution in [2.45, 2.75) is 40.3 Å². The van der Waals surface area contributed by atoms with Crippen LogP contribution in [0.25, 0.3) is 0 Å². The second-order valence-electron chi connectivity index (χ2n) is 7.07. The molecule has 3 rings (SSSR count). The van der Waals surface area contributed by atoms with Gasteiger partial charge in [-0.2, -0.15) is 5.10 Å². The van der Waals surface area contributed by atoms with Crippen LogP contribution in [0.2, 0.25) is 0 Å². The first-order valence-electron chi connectivity index (χ1n) is 9.93. The number of hydrogen-bond donors (Lipinski definition) is 2. The van der Waals surface area contributed by atoms with Crippen LogP contribution in [-0.4, -0.2) is 21.6 Å². The first-order valence-corrected chi connectivity index (χ1v) is 9.93. The maximum atomic E-state index is 13.6. The van der Waals surface area contributed by atoms with Crippen LogP contribution in [0, 0.1) is 19.7 Å². The summed E-state index contributed by atoms with van der Waals surface area (Å²) in [5.74, 6) is -0.410. The van der Waals surface area contributed by atoms with Gasteiger partial charge in [-0.25, -0.2) is 9.38 Å². The summed E-state index contributed by atoms with van der Waals surface area (Å²) in [5.41, 5.74) is 3.77. The maximum Gasteiger partial charge on any atom is 0.258 e. The number of aryl methyl sites for hydroxylation is 3. The smallest absolute Gasteiger partial charge is 0.258 e. The van der Waals surface area contributed by atoms with Crippen LogP contribution in [0.4, 0.5) is 10.1 Å². The van der Waals surface area contributed by atoms with E-state index in [0.29, 0.717) is 17.8 Å². The van der Waals surface area contributed by atoms with Crippen molar-refractivity contribution < 1.29 is 9.18 Å². The Morgan fingerprint density at radius 3 is 2.70 bits per heavy atom. The van der Waals surface area contributed by atoms with E-state index in [1.165, 1.54) is 12.1 Å². The molecule has 1 heterocycles. The van der Waals surface area contributed by atoms with Gasteiger partial charge in [-0.3, -0.25) is 14.8 Å². The predicted molar refractivity (Wildman–Crippen MR) is 117 cm³/mol. The molecule has 0 aliphatic carbocycles. The van der Waals surface area contributed by atoms with Gasteiger partial charge in [0.2, 0.25) is 5.96 Å². The number of anilines is 1. The van der Waals surface area contributed by atoms with Gasteiger partial charge in [0.25, 0.3) is 5.91 Å². The van der Waals surface area contributed by atoms with Crippen molar-refractivity contribution in [2.75, 3.05) is 5.32 Å². The van der Waals surface area contributed by atoms with E-state index in [2.05, 4.69) is 27.6 Å². The summed E-state index contributed by atoms with van der Waals surface area (Å²) in [6.45, 7) is 7.07. The summed E-state index contributed by atoms with van der Waals surface area (Å²) in [6.07, 6.45) is 2.95. The Morgan fingerprint density at radius 2 is 1.97 bits per heavy atom. The number of hydrogen-bond acceptors (Lipinski definition) is 3. The standard InChI is InChI=1S/C23H26FN5O/c1-4-12-29-15-18(17(3)28-29)14-25-23(26-20-10-7-9-19(24)13-20)27-22(30)21-11-6-5-8-16(21)2/h5-11,13,15H,4,12,14H2,1-3H3,(H2,25,26,27,30). The Morgan fingerprint density at radius 1 is 1.17 bits per heavy atom. The number of carbonyl (C=O) groups excluding carboxylic acids is 1. The predicted octanol–water partition coefficient (Wildman–Crippen LogP) is 4.45. The second-order valence-corrected chi connectivity index (χ2v) is 7.07. The van der Waals surface area contributed by atoms with Gasteiger partial charge < -0.3 is 5.32 Å². The number of aromatic nitrogens is 2. The zero-order chi connectivity index (χ0) is 21.5. The molecular weight excluding hydrogens is 381 g/mol. The van der Waals surface area contributed by atoms with E-state index in [-0.39, 0.29) is 17.7 Å². The molecule has 30 heavy (non-hydrogen) atoms. The fourth-order valence-corrected chi connectivity index (χ4v) is 3.04. The molecule has 1 amide bonds. The van der Waals surface area contributed by atoms with Crippen molar-refractivity contribution in [1.29, 1.82) is 0 Å². The van der Waals surface area contributed by atoms with Crippen LogP contribution < -0.4 is 10.6 Å². The molecule has 0 bridgehead atoms. The first kappa shape index (κ1) is 21.2. The van der Waals surface area contributed by atoms with E-state index in [0.717, 1.165) is 29.8 Å². The molecule has 6 nitrogen and oxygen atoms in total. The van der Waals surface area contributed by atoms with Crippen LogP contribution >= 0.6 is 0 Å². The third kappa shape index (κ3) is 5.53. The lowest BCUT2D eigenvalue weighted by molar-refractivity contribution is 0.0976. The van der Waals surface area contributed by atoms with E-state index >= 15 is 0 Å². The first-order chi connectivity index (χ1) is 14.5. The monoisotopic (exact) mass is 407 g/mol. The average Bonchev–Trinajstić information content (AvgIpc) is 3.06. The van der Waals surface area contributed by atoms with Gasteiger partial charge in [-0.15, -0.1) is 0 Å². The number of amides is 1. The summed E-state index contributed by atoms with van der Waals surface area (Å²) in [6, 6.07) is 13.3. The fourth-order valence-electron chi connectivity index (χ4n) is 3.04. The minimum Gasteiger partial charge on any atom is -0.326 e. The SMILES string of the molecule is CCCn1cc(CN=C(NC(=O)c2ccccc2C)Nc2cccc(F)c2)c(C)n1. The van der Waals surface area contributed by atoms with E-state index < -0.39 is 0 Å². The Balaban J connectivity index is 1.84. The van der Waals surface area contributed by atoms with Crippen molar-refractivity contribution in [3.05, 3.63) is 82.9 Å². The maximum absolute atomic E-state index is 13.6. The number of guanidine groups is 1. The normalized spacial score (nSPS) is 11.4. The highest BCUT2D eigenvalue weighted by molar-refractivity contribution is 6.10. The summed E-state index contributed by atoms with van der Waals surface area (Å²) >= 11 is 0. The van der Waals surface area contributed by atoms with Crippen LogP contribution in [0.15, 0.2) is 59.7 Å². The Hall–Kier alpha value is -3.48. The molecule has 0 fully saturated rings. The highest BCUT2D eigenvalue weighted by Crippen LogP contribution is 2.12. The van der Waals surface area contributed by atoms with Gasteiger partial charge >= 0.3 is 0 Å². The molecule has 3 aromatic rings. The average molecular weight is 407 g/mol. The van der Waals surface area contributed by atoms with Crippen molar-refractivity contribution in [1.82, 2.24) is 15.1 Å². The third-order valence-corrected chi connectivity index (χ3v) is 4.62. The molecule has 2 N–H and O–H groups in total. The molecule has 0 saturated carbocycles. The van der Waals surface area contributed by atoms with E-state index in [1.54, 1.807) is 18.2 Å². The van der Waals surface area contributed by atoms with Gasteiger partial charge in [0, 0.05) is 29.6 Å². The molecule has 1 aromatic heterocycles. The van der Waals surface area contributed by atoms with Crippen LogP contribution in [0.1, 0.15) is 40.5 Å². The number of halogens is 1. The Kier molecular flexibility index (Phi) is 6.95. The van der Waals surface area contributed by atoms with Crippen molar-refractivity contribution in [3.8, 4) is 0 Å². The number of nitrogens with one attached hydrogen (secondary N) is 2. The lowest BCUT2D eigenvalue weighted by Crippen LogP contribution is -2.36. The van der Waals surface area contributed by atoms with Crippen molar-refractivity contribution in [3.63, 3.8) is 0 Å². The Bertz CT molecular complexity index is 1060. The van der Waals surface area contributed by atoms with Gasteiger partial charge in [-0.05, 0) is 50.1 Å². The molecular formula is C23H26FN5O. The van der Waals surface area contributed by atoms with E-state index in [4.69, 9.17) is 0 Å². The topological polar surface area (TPSA) is 71.3 Å². The van der Waals surface area contributed by atoms with Crippen molar-refractivity contribution in [2.24, 2.45) is 4.99 Å². The summed E-state index contributed by atoms with van der Waals surface area (Å²) < 4.78 is 15.5. The van der Waals surface area contributed by atoms with Gasteiger partial charge in [0.1, 0.15) is 5.82 Å². The molecule has 0 aliphatic heterocycles. The number of aliphatic imine (C=N–C) groups is 1. The second kappa shape index (κ2) is 9.82. The van der Waals surface area contributed by atoms with Gasteiger partial charge in [0.05, 0.1) is 12.2 Å². The quantitative estimate of drug-likeness (QED) is 0.469.